The highest BCUT2D eigenvalue weighted by molar-refractivity contribution is 5.92. The van der Waals surface area contributed by atoms with E-state index in [-0.39, 0.29) is 39.9 Å². The van der Waals surface area contributed by atoms with Crippen LogP contribution in [-0.4, -0.2) is 61.2 Å². The van der Waals surface area contributed by atoms with E-state index in [1.165, 1.54) is 0 Å². The van der Waals surface area contributed by atoms with Gasteiger partial charge in [-0.1, -0.05) is 0 Å². The summed E-state index contributed by atoms with van der Waals surface area (Å²) in [4.78, 5) is 28.2. The molecule has 0 saturated carbocycles. The van der Waals surface area contributed by atoms with Crippen LogP contribution in [0.4, 0.5) is 0 Å². The first-order chi connectivity index (χ1) is 14.4. The number of amides is 2. The van der Waals surface area contributed by atoms with Gasteiger partial charge < -0.3 is 9.80 Å². The number of carbonyl (C=O) groups is 2. The second-order valence-electron chi connectivity index (χ2n) is 11.6. The van der Waals surface area contributed by atoms with Crippen LogP contribution in [-0.2, 0) is 9.59 Å². The van der Waals surface area contributed by atoms with Gasteiger partial charge in [-0.15, -0.1) is 0 Å². The Hall–Kier alpha value is -2.45. The maximum Gasteiger partial charge on any atom is 0.230 e. The van der Waals surface area contributed by atoms with Gasteiger partial charge in [0.05, 0.1) is 0 Å². The van der Waals surface area contributed by atoms with Crippen LogP contribution in [0.3, 0.4) is 0 Å². The number of nitrogens with zero attached hydrogens (tertiary/aromatic N) is 4. The number of hydrogen-bond donors (Lipinski definition) is 3. The molecule has 2 amide bonds. The molecule has 0 radical (unpaired) electrons. The number of piperidine rings is 2. The highest BCUT2D eigenvalue weighted by atomic mass is 16.2. The summed E-state index contributed by atoms with van der Waals surface area (Å²) in [6.45, 7) is 19.5. The maximum absolute atomic E-state index is 12.2. The Balaban J connectivity index is 2.06. The summed E-state index contributed by atoms with van der Waals surface area (Å²) in [6.07, 6.45) is 2.53. The molecule has 3 N–H and O–H groups in total. The van der Waals surface area contributed by atoms with E-state index in [4.69, 9.17) is 5.41 Å². The second kappa shape index (κ2) is 8.48. The standard InChI is InChI=1S/C23H41N7O2/c1-15(31)29-20(3,4)11-17(12-21(29,5)6)25-27-19(24)28-26-18-13-22(7,8)30(16(2)32)23(9,10)14-18/h11-14H2,1-10H3,(H3,24,27,28). The zero-order chi connectivity index (χ0) is 24.7. The average Bonchev–Trinajstić information content (AvgIpc) is 2.52. The van der Waals surface area contributed by atoms with Crippen LogP contribution >= 0.6 is 0 Å². The molecule has 2 fully saturated rings. The van der Waals surface area contributed by atoms with E-state index in [1.54, 1.807) is 13.8 Å². The van der Waals surface area contributed by atoms with E-state index in [1.807, 2.05) is 65.2 Å². The molecule has 0 bridgehead atoms. The molecule has 2 rings (SSSR count). The monoisotopic (exact) mass is 447 g/mol. The molecule has 0 aromatic heterocycles. The van der Waals surface area contributed by atoms with Crippen LogP contribution in [0.5, 0.6) is 0 Å². The number of hydrogen-bond acceptors (Lipinski definition) is 5. The summed E-state index contributed by atoms with van der Waals surface area (Å²) in [6, 6.07) is 0. The number of rotatable bonds is 2. The normalized spacial score (nSPS) is 23.3. The predicted molar refractivity (Wildman–Crippen MR) is 129 cm³/mol. The fourth-order valence-electron chi connectivity index (χ4n) is 6.24. The Bertz CT molecular complexity index is 744. The van der Waals surface area contributed by atoms with Gasteiger partial charge in [0.2, 0.25) is 17.8 Å². The molecule has 0 aromatic rings. The van der Waals surface area contributed by atoms with Gasteiger partial charge >= 0.3 is 0 Å². The molecule has 2 heterocycles. The van der Waals surface area contributed by atoms with Crippen LogP contribution in [0.25, 0.3) is 0 Å². The largest absolute Gasteiger partial charge is 0.332 e. The molecule has 0 aromatic carbocycles. The van der Waals surface area contributed by atoms with Gasteiger partial charge in [-0.05, 0) is 55.4 Å². The lowest BCUT2D eigenvalue weighted by atomic mass is 9.78. The van der Waals surface area contributed by atoms with Gasteiger partial charge in [-0.3, -0.25) is 15.0 Å². The van der Waals surface area contributed by atoms with E-state index in [9.17, 15) is 9.59 Å². The zero-order valence-corrected chi connectivity index (χ0v) is 21.4. The Labute approximate surface area is 192 Å². The van der Waals surface area contributed by atoms with Crippen molar-refractivity contribution in [2.24, 2.45) is 10.2 Å². The van der Waals surface area contributed by atoms with E-state index in [0.717, 1.165) is 11.4 Å². The molecule has 180 valence electrons. The first-order valence-electron chi connectivity index (χ1n) is 11.2. The first kappa shape index (κ1) is 25.8. The van der Waals surface area contributed by atoms with Gasteiger partial charge in [0.15, 0.2) is 0 Å². The summed E-state index contributed by atoms with van der Waals surface area (Å²) < 4.78 is 0. The van der Waals surface area contributed by atoms with Gasteiger partial charge in [0, 0.05) is 73.1 Å². The average molecular weight is 448 g/mol. The van der Waals surface area contributed by atoms with Crippen LogP contribution in [0.15, 0.2) is 10.2 Å². The fraction of sp³-hybridized carbons (Fsp3) is 0.783. The van der Waals surface area contributed by atoms with Crippen molar-refractivity contribution in [1.29, 1.82) is 5.41 Å². The lowest BCUT2D eigenvalue weighted by Crippen LogP contribution is -2.62. The van der Waals surface area contributed by atoms with Crippen LogP contribution in [0.1, 0.15) is 94.9 Å². The van der Waals surface area contributed by atoms with Crippen LogP contribution in [0.2, 0.25) is 0 Å². The third-order valence-corrected chi connectivity index (χ3v) is 6.25. The molecule has 0 spiro atoms. The third-order valence-electron chi connectivity index (χ3n) is 6.25. The van der Waals surface area contributed by atoms with Crippen molar-refractivity contribution in [2.75, 3.05) is 0 Å². The Morgan fingerprint density at radius 3 is 1.16 bits per heavy atom. The predicted octanol–water partition coefficient (Wildman–Crippen LogP) is 3.21. The Morgan fingerprint density at radius 2 is 0.938 bits per heavy atom. The van der Waals surface area contributed by atoms with Gasteiger partial charge in [-0.25, -0.2) is 10.9 Å². The summed E-state index contributed by atoms with van der Waals surface area (Å²) in [5, 5.41) is 17.1. The van der Waals surface area contributed by atoms with E-state index < -0.39 is 0 Å². The van der Waals surface area contributed by atoms with Crippen molar-refractivity contribution in [3.8, 4) is 0 Å². The third kappa shape index (κ3) is 5.48. The number of carbonyl (C=O) groups excluding carboxylic acids is 2. The smallest absolute Gasteiger partial charge is 0.230 e. The maximum atomic E-state index is 12.2. The number of guanidine groups is 1. The molecule has 0 unspecified atom stereocenters. The molecule has 9 nitrogen and oxygen atoms in total. The summed E-state index contributed by atoms with van der Waals surface area (Å²) in [5.74, 6) is 0.0945. The van der Waals surface area contributed by atoms with E-state index >= 15 is 0 Å². The van der Waals surface area contributed by atoms with Crippen molar-refractivity contribution in [1.82, 2.24) is 20.7 Å². The van der Waals surface area contributed by atoms with Crippen LogP contribution < -0.4 is 10.9 Å². The minimum atomic E-state index is -0.355. The lowest BCUT2D eigenvalue weighted by molar-refractivity contribution is -0.143. The van der Waals surface area contributed by atoms with Crippen molar-refractivity contribution >= 4 is 29.2 Å². The molecule has 2 saturated heterocycles. The quantitative estimate of drug-likeness (QED) is 0.343. The second-order valence-corrected chi connectivity index (χ2v) is 11.6. The molecular weight excluding hydrogens is 406 g/mol. The van der Waals surface area contributed by atoms with Crippen LogP contribution in [0, 0.1) is 5.41 Å². The van der Waals surface area contributed by atoms with E-state index in [2.05, 4.69) is 21.1 Å². The topological polar surface area (TPSA) is 113 Å². The summed E-state index contributed by atoms with van der Waals surface area (Å²) >= 11 is 0. The number of hydrazone groups is 2. The number of nitrogens with one attached hydrogen (secondary N) is 3. The van der Waals surface area contributed by atoms with Gasteiger partial charge in [-0.2, -0.15) is 10.2 Å². The minimum Gasteiger partial charge on any atom is -0.332 e. The summed E-state index contributed by atoms with van der Waals surface area (Å²) in [7, 11) is 0. The van der Waals surface area contributed by atoms with Gasteiger partial charge in [0.25, 0.3) is 0 Å². The first-order valence-corrected chi connectivity index (χ1v) is 11.2. The molecule has 2 aliphatic rings. The zero-order valence-electron chi connectivity index (χ0n) is 21.4. The fourth-order valence-corrected chi connectivity index (χ4v) is 6.24. The van der Waals surface area contributed by atoms with Crippen molar-refractivity contribution in [3.05, 3.63) is 0 Å². The molecule has 32 heavy (non-hydrogen) atoms. The summed E-state index contributed by atoms with van der Waals surface area (Å²) in [5.41, 5.74) is 5.93. The van der Waals surface area contributed by atoms with Crippen molar-refractivity contribution in [3.63, 3.8) is 0 Å². The van der Waals surface area contributed by atoms with Crippen molar-refractivity contribution in [2.45, 2.75) is 117 Å². The van der Waals surface area contributed by atoms with Gasteiger partial charge in [0.1, 0.15) is 0 Å². The molecular formula is C23H41N7O2. The molecule has 0 aliphatic carbocycles. The molecule has 9 heteroatoms. The Morgan fingerprint density at radius 1 is 0.688 bits per heavy atom. The SMILES string of the molecule is CC(=O)N1C(C)(C)CC(=NNC(=N)NN=C2CC(C)(C)N(C(C)=O)C(C)(C)C2)CC1(C)C. The molecule has 0 atom stereocenters. The Kier molecular flexibility index (Phi) is 6.84. The highest BCUT2D eigenvalue weighted by Crippen LogP contribution is 2.38. The lowest BCUT2D eigenvalue weighted by Gasteiger charge is -2.52. The highest BCUT2D eigenvalue weighted by Gasteiger charge is 2.46. The number of likely N-dealkylation sites (tertiary alicyclic amines) is 2. The van der Waals surface area contributed by atoms with E-state index in [0.29, 0.717) is 25.7 Å². The minimum absolute atomic E-state index is 0.0146. The molecule has 2 aliphatic heterocycles. The van der Waals surface area contributed by atoms with Crippen molar-refractivity contribution < 1.29 is 9.59 Å².